The van der Waals surface area contributed by atoms with Gasteiger partial charge in [0.05, 0.1) is 10.7 Å². The van der Waals surface area contributed by atoms with E-state index in [9.17, 15) is 8.42 Å². The molecule has 0 aliphatic carbocycles. The number of nitrogens with one attached hydrogen (secondary N) is 2. The molecule has 1 aromatic rings. The number of piperidine rings is 1. The Kier molecular flexibility index (Phi) is 6.19. The van der Waals surface area contributed by atoms with Crippen molar-refractivity contribution in [1.82, 2.24) is 15.0 Å². The van der Waals surface area contributed by atoms with Gasteiger partial charge in [0.1, 0.15) is 0 Å². The molecule has 0 saturated carbocycles. The lowest BCUT2D eigenvalue weighted by Gasteiger charge is -2.22. The second kappa shape index (κ2) is 6.99. The lowest BCUT2D eigenvalue weighted by Crippen LogP contribution is -2.38. The minimum absolute atomic E-state index is 0. The third-order valence-corrected chi connectivity index (χ3v) is 6.17. The minimum Gasteiger partial charge on any atom is -0.316 e. The second-order valence-electron chi connectivity index (χ2n) is 4.67. The molecule has 1 aliphatic heterocycles. The van der Waals surface area contributed by atoms with E-state index in [1.165, 1.54) is 11.3 Å². The Balaban J connectivity index is 0.00000180. The smallest absolute Gasteiger partial charge is 0.251 e. The molecule has 110 valence electrons. The predicted octanol–water partition coefficient (Wildman–Crippen LogP) is 1.46. The van der Waals surface area contributed by atoms with Crippen molar-refractivity contribution < 1.29 is 8.42 Å². The summed E-state index contributed by atoms with van der Waals surface area (Å²) in [6.45, 7) is 5.99. The molecule has 2 N–H and O–H groups in total. The van der Waals surface area contributed by atoms with Crippen LogP contribution >= 0.6 is 23.7 Å². The van der Waals surface area contributed by atoms with Crippen molar-refractivity contribution in [2.24, 2.45) is 5.92 Å². The number of hydrogen-bond acceptors (Lipinski definition) is 5. The van der Waals surface area contributed by atoms with Crippen LogP contribution in [-0.4, -0.2) is 33.0 Å². The lowest BCUT2D eigenvalue weighted by molar-refractivity contribution is 0.376. The first-order chi connectivity index (χ1) is 8.49. The van der Waals surface area contributed by atoms with Gasteiger partial charge in [0.25, 0.3) is 10.0 Å². The maximum absolute atomic E-state index is 12.1. The van der Waals surface area contributed by atoms with E-state index in [0.717, 1.165) is 30.9 Å². The number of sulfonamides is 1. The van der Waals surface area contributed by atoms with Gasteiger partial charge in [-0.1, -0.05) is 0 Å². The Labute approximate surface area is 124 Å². The van der Waals surface area contributed by atoms with E-state index >= 15 is 0 Å². The average molecular weight is 326 g/mol. The molecule has 0 aromatic carbocycles. The van der Waals surface area contributed by atoms with E-state index in [1.54, 1.807) is 6.92 Å². The first-order valence-electron chi connectivity index (χ1n) is 6.13. The lowest BCUT2D eigenvalue weighted by atomic mass is 10.0. The van der Waals surface area contributed by atoms with E-state index in [4.69, 9.17) is 0 Å². The molecular weight excluding hydrogens is 306 g/mol. The van der Waals surface area contributed by atoms with E-state index in [0.29, 0.717) is 22.4 Å². The third kappa shape index (κ3) is 4.39. The fourth-order valence-corrected chi connectivity index (χ4v) is 4.80. The van der Waals surface area contributed by atoms with Gasteiger partial charge in [0.15, 0.2) is 4.21 Å². The van der Waals surface area contributed by atoms with Crippen LogP contribution in [0.5, 0.6) is 0 Å². The maximum atomic E-state index is 12.1. The van der Waals surface area contributed by atoms with Crippen LogP contribution in [0.3, 0.4) is 0 Å². The Morgan fingerprint density at radius 1 is 1.47 bits per heavy atom. The summed E-state index contributed by atoms with van der Waals surface area (Å²) in [5.41, 5.74) is 0.590. The summed E-state index contributed by atoms with van der Waals surface area (Å²) in [6, 6.07) is 0. The molecule has 1 fully saturated rings. The zero-order valence-electron chi connectivity index (χ0n) is 11.1. The molecule has 2 rings (SSSR count). The molecule has 0 amide bonds. The number of hydrogen-bond donors (Lipinski definition) is 2. The first-order valence-corrected chi connectivity index (χ1v) is 8.43. The molecule has 0 radical (unpaired) electrons. The molecule has 1 unspecified atom stereocenters. The molecule has 0 bridgehead atoms. The topological polar surface area (TPSA) is 71.1 Å². The van der Waals surface area contributed by atoms with Crippen molar-refractivity contribution in [1.29, 1.82) is 0 Å². The summed E-state index contributed by atoms with van der Waals surface area (Å²) in [6.07, 6.45) is 2.20. The van der Waals surface area contributed by atoms with Crippen molar-refractivity contribution in [3.05, 3.63) is 10.7 Å². The molecule has 1 atom stereocenters. The van der Waals surface area contributed by atoms with Crippen molar-refractivity contribution >= 4 is 33.8 Å². The van der Waals surface area contributed by atoms with Crippen molar-refractivity contribution in [3.63, 3.8) is 0 Å². The van der Waals surface area contributed by atoms with Gasteiger partial charge >= 0.3 is 0 Å². The molecule has 8 heteroatoms. The summed E-state index contributed by atoms with van der Waals surface area (Å²) in [5.74, 6) is 0.392. The monoisotopic (exact) mass is 325 g/mol. The Hall–Kier alpha value is -0.210. The van der Waals surface area contributed by atoms with E-state index in [1.807, 2.05) is 6.92 Å². The van der Waals surface area contributed by atoms with Crippen molar-refractivity contribution in [2.45, 2.75) is 30.9 Å². The highest BCUT2D eigenvalue weighted by Gasteiger charge is 2.22. The van der Waals surface area contributed by atoms with Crippen LogP contribution in [-0.2, 0) is 10.0 Å². The van der Waals surface area contributed by atoms with Gasteiger partial charge in [-0.05, 0) is 45.7 Å². The minimum atomic E-state index is -3.39. The van der Waals surface area contributed by atoms with Crippen LogP contribution in [0.25, 0.3) is 0 Å². The Morgan fingerprint density at radius 2 is 2.21 bits per heavy atom. The summed E-state index contributed by atoms with van der Waals surface area (Å²) in [4.78, 5) is 4.16. The first kappa shape index (κ1) is 16.8. The van der Waals surface area contributed by atoms with Crippen LogP contribution in [0.15, 0.2) is 4.21 Å². The molecule has 19 heavy (non-hydrogen) atoms. The maximum Gasteiger partial charge on any atom is 0.251 e. The van der Waals surface area contributed by atoms with Gasteiger partial charge in [-0.3, -0.25) is 0 Å². The van der Waals surface area contributed by atoms with Gasteiger partial charge in [-0.15, -0.1) is 23.7 Å². The molecule has 1 saturated heterocycles. The highest BCUT2D eigenvalue weighted by atomic mass is 35.5. The van der Waals surface area contributed by atoms with Crippen molar-refractivity contribution in [3.8, 4) is 0 Å². The standard InChI is InChI=1S/C11H19N3O2S2.ClH/c1-8-11(17-9(2)14-8)18(15,16)13-7-10-4-3-5-12-6-10;/h10,12-13H,3-7H2,1-2H3;1H. The highest BCUT2D eigenvalue weighted by molar-refractivity contribution is 7.91. The zero-order valence-corrected chi connectivity index (χ0v) is 13.6. The van der Waals surface area contributed by atoms with Gasteiger partial charge in [-0.2, -0.15) is 0 Å². The number of halogens is 1. The quantitative estimate of drug-likeness (QED) is 0.879. The van der Waals surface area contributed by atoms with Crippen LogP contribution in [0.2, 0.25) is 0 Å². The van der Waals surface area contributed by atoms with Crippen LogP contribution < -0.4 is 10.0 Å². The normalized spacial score (nSPS) is 20.0. The number of aromatic nitrogens is 1. The van der Waals surface area contributed by atoms with Crippen molar-refractivity contribution in [2.75, 3.05) is 19.6 Å². The number of aryl methyl sites for hydroxylation is 2. The number of rotatable bonds is 4. The van der Waals surface area contributed by atoms with Gasteiger partial charge < -0.3 is 5.32 Å². The number of nitrogens with zero attached hydrogens (tertiary/aromatic N) is 1. The number of thiazole rings is 1. The molecule has 0 spiro atoms. The van der Waals surface area contributed by atoms with Gasteiger partial charge in [0, 0.05) is 6.54 Å². The fraction of sp³-hybridized carbons (Fsp3) is 0.727. The van der Waals surface area contributed by atoms with E-state index in [2.05, 4.69) is 15.0 Å². The van der Waals surface area contributed by atoms with Gasteiger partial charge in [-0.25, -0.2) is 18.1 Å². The van der Waals surface area contributed by atoms with E-state index < -0.39 is 10.0 Å². The zero-order chi connectivity index (χ0) is 13.2. The molecule has 1 aromatic heterocycles. The fourth-order valence-electron chi connectivity index (χ4n) is 2.15. The highest BCUT2D eigenvalue weighted by Crippen LogP contribution is 2.22. The summed E-state index contributed by atoms with van der Waals surface area (Å²) in [7, 11) is -3.39. The molecule has 1 aliphatic rings. The summed E-state index contributed by atoms with van der Waals surface area (Å²) < 4.78 is 27.3. The van der Waals surface area contributed by atoms with Crippen LogP contribution in [0.4, 0.5) is 0 Å². The SMILES string of the molecule is Cc1nc(C)c(S(=O)(=O)NCC2CCCNC2)s1.Cl. The largest absolute Gasteiger partial charge is 0.316 e. The van der Waals surface area contributed by atoms with E-state index in [-0.39, 0.29) is 12.4 Å². The summed E-state index contributed by atoms with van der Waals surface area (Å²) in [5, 5.41) is 4.07. The van der Waals surface area contributed by atoms with Gasteiger partial charge in [0.2, 0.25) is 0 Å². The molecule has 5 nitrogen and oxygen atoms in total. The summed E-state index contributed by atoms with van der Waals surface area (Å²) >= 11 is 1.23. The van der Waals surface area contributed by atoms with Crippen LogP contribution in [0, 0.1) is 19.8 Å². The third-order valence-electron chi connectivity index (χ3n) is 3.07. The molecular formula is C11H20ClN3O2S2. The Morgan fingerprint density at radius 3 is 2.74 bits per heavy atom. The molecule has 2 heterocycles. The predicted molar refractivity (Wildman–Crippen MR) is 79.6 cm³/mol. The average Bonchev–Trinajstić information content (AvgIpc) is 2.68. The Bertz CT molecular complexity index is 510. The van der Waals surface area contributed by atoms with Crippen LogP contribution in [0.1, 0.15) is 23.5 Å². The second-order valence-corrected chi connectivity index (χ2v) is 7.84.